The van der Waals surface area contributed by atoms with Crippen LogP contribution in [0.5, 0.6) is 0 Å². The number of carbonyl (C=O) groups excluding carboxylic acids is 4. The van der Waals surface area contributed by atoms with E-state index in [1.165, 1.54) is 22.3 Å². The molecular weight excluding hydrogens is 734 g/mol. The summed E-state index contributed by atoms with van der Waals surface area (Å²) in [4.78, 5) is 69.1. The normalized spacial score (nSPS) is 20.8. The van der Waals surface area contributed by atoms with Gasteiger partial charge in [-0.25, -0.2) is 19.2 Å². The topological polar surface area (TPSA) is 136 Å². The Morgan fingerprint density at radius 2 is 1.84 bits per heavy atom. The number of hydrogen-bond donors (Lipinski definition) is 2. The van der Waals surface area contributed by atoms with E-state index in [2.05, 4.69) is 48.6 Å². The third-order valence-corrected chi connectivity index (χ3v) is 12.6. The highest BCUT2D eigenvalue weighted by Gasteiger charge is 2.44. The van der Waals surface area contributed by atoms with E-state index in [-0.39, 0.29) is 36.0 Å². The van der Waals surface area contributed by atoms with Crippen LogP contribution in [0.4, 0.5) is 25.7 Å². The van der Waals surface area contributed by atoms with Gasteiger partial charge in [0.2, 0.25) is 5.91 Å². The van der Waals surface area contributed by atoms with Gasteiger partial charge in [-0.3, -0.25) is 34.8 Å². The van der Waals surface area contributed by atoms with Gasteiger partial charge in [0, 0.05) is 91.0 Å². The molecule has 3 atom stereocenters. The number of imidazole rings is 1. The van der Waals surface area contributed by atoms with Crippen molar-refractivity contribution in [2.75, 3.05) is 34.8 Å². The van der Waals surface area contributed by atoms with Crippen LogP contribution in [0.3, 0.4) is 0 Å². The fourth-order valence-electron chi connectivity index (χ4n) is 9.19. The van der Waals surface area contributed by atoms with Crippen LogP contribution in [0.2, 0.25) is 0 Å². The summed E-state index contributed by atoms with van der Waals surface area (Å²) in [5.41, 5.74) is 6.32. The second-order valence-corrected chi connectivity index (χ2v) is 16.0. The third-order valence-electron chi connectivity index (χ3n) is 11.9. The number of halogens is 1. The summed E-state index contributed by atoms with van der Waals surface area (Å²) in [5, 5.41) is 7.46. The molecule has 13 nitrogen and oxygen atoms in total. The van der Waals surface area contributed by atoms with Crippen molar-refractivity contribution in [1.29, 1.82) is 0 Å². The van der Waals surface area contributed by atoms with Crippen molar-refractivity contribution >= 4 is 51.6 Å². The molecule has 3 saturated heterocycles. The first-order valence-electron chi connectivity index (χ1n) is 19.0. The molecule has 5 aliphatic heterocycles. The number of nitrogens with zero attached hydrogens (tertiary/aromatic N) is 7. The average molecular weight is 772 g/mol. The number of rotatable bonds is 9. The van der Waals surface area contributed by atoms with Gasteiger partial charge in [0.1, 0.15) is 5.82 Å². The number of hydrogen-bond acceptors (Lipinski definition) is 9. The SMILES string of the molecule is O=C1CCN(c2ccccc2CN2C[C@H]3C[C@@H]2CN3c2ccc(-c3cc(F)c4c(c3)C(=O)N(C(C(=O)Nc3nccs3)c3ncn5c3CCC5)C4)cc2)C(=O)N1. The highest BCUT2D eigenvalue weighted by atomic mass is 32.1. The molecule has 7 heterocycles. The van der Waals surface area contributed by atoms with E-state index >= 15 is 4.39 Å². The zero-order valence-electron chi connectivity index (χ0n) is 30.4. The molecule has 0 aliphatic carbocycles. The Balaban J connectivity index is 0.845. The number of carbonyl (C=O) groups is 4. The minimum atomic E-state index is -1.04. The molecule has 3 fully saturated rings. The first kappa shape index (κ1) is 34.6. The van der Waals surface area contributed by atoms with Crippen molar-refractivity contribution in [3.05, 3.63) is 112 Å². The Kier molecular flexibility index (Phi) is 8.44. The molecule has 2 aromatic heterocycles. The maximum atomic E-state index is 15.9. The maximum Gasteiger partial charge on any atom is 0.328 e. The number of benzene rings is 3. The highest BCUT2D eigenvalue weighted by molar-refractivity contribution is 7.13. The molecule has 0 radical (unpaired) electrons. The van der Waals surface area contributed by atoms with Crippen molar-refractivity contribution in [3.63, 3.8) is 0 Å². The predicted molar refractivity (Wildman–Crippen MR) is 208 cm³/mol. The average Bonchev–Trinajstić information content (AvgIpc) is 4.06. The van der Waals surface area contributed by atoms with Gasteiger partial charge >= 0.3 is 6.03 Å². The molecule has 284 valence electrons. The van der Waals surface area contributed by atoms with Crippen LogP contribution in [0.25, 0.3) is 11.1 Å². The number of piperazine rings is 1. The molecule has 3 aromatic carbocycles. The Morgan fingerprint density at radius 1 is 0.982 bits per heavy atom. The van der Waals surface area contributed by atoms with Gasteiger partial charge < -0.3 is 14.4 Å². The Labute approximate surface area is 325 Å². The Hall–Kier alpha value is -5.93. The van der Waals surface area contributed by atoms with E-state index in [1.54, 1.807) is 28.9 Å². The molecule has 0 saturated carbocycles. The number of urea groups is 1. The van der Waals surface area contributed by atoms with Crippen molar-refractivity contribution in [2.24, 2.45) is 0 Å². The molecule has 10 rings (SSSR count). The zero-order valence-corrected chi connectivity index (χ0v) is 31.2. The van der Waals surface area contributed by atoms with Crippen LogP contribution < -0.4 is 20.4 Å². The number of anilines is 3. The first-order chi connectivity index (χ1) is 27.3. The van der Waals surface area contributed by atoms with Gasteiger partial charge in [-0.05, 0) is 66.3 Å². The number of imide groups is 1. The number of aromatic nitrogens is 3. The summed E-state index contributed by atoms with van der Waals surface area (Å²) in [6, 6.07) is 18.4. The van der Waals surface area contributed by atoms with Crippen LogP contribution in [-0.4, -0.2) is 79.8 Å². The lowest BCUT2D eigenvalue weighted by Gasteiger charge is -2.36. The van der Waals surface area contributed by atoms with E-state index in [0.717, 1.165) is 67.1 Å². The van der Waals surface area contributed by atoms with Gasteiger partial charge in [0.25, 0.3) is 11.8 Å². The number of amides is 5. The zero-order chi connectivity index (χ0) is 38.1. The summed E-state index contributed by atoms with van der Waals surface area (Å²) >= 11 is 1.28. The second-order valence-electron chi connectivity index (χ2n) is 15.1. The summed E-state index contributed by atoms with van der Waals surface area (Å²) in [6.07, 6.45) is 6.30. The van der Waals surface area contributed by atoms with Gasteiger partial charge in [-0.1, -0.05) is 30.3 Å². The minimum absolute atomic E-state index is 0.0454. The number of thiazole rings is 1. The highest BCUT2D eigenvalue weighted by Crippen LogP contribution is 2.40. The Morgan fingerprint density at radius 3 is 2.62 bits per heavy atom. The lowest BCUT2D eigenvalue weighted by Crippen LogP contribution is -2.50. The van der Waals surface area contributed by atoms with Crippen molar-refractivity contribution in [2.45, 2.75) is 63.4 Å². The van der Waals surface area contributed by atoms with Crippen molar-refractivity contribution in [3.8, 4) is 11.1 Å². The summed E-state index contributed by atoms with van der Waals surface area (Å²) in [6.45, 7) is 3.57. The van der Waals surface area contributed by atoms with E-state index in [0.29, 0.717) is 41.6 Å². The van der Waals surface area contributed by atoms with Gasteiger partial charge in [-0.15, -0.1) is 11.3 Å². The van der Waals surface area contributed by atoms with Gasteiger partial charge in [0.05, 0.1) is 18.6 Å². The van der Waals surface area contributed by atoms with Crippen LogP contribution >= 0.6 is 11.3 Å². The number of likely N-dealkylation sites (tertiary alicyclic amines) is 1. The quantitative estimate of drug-likeness (QED) is 0.205. The van der Waals surface area contributed by atoms with E-state index in [9.17, 15) is 19.2 Å². The molecule has 5 aliphatic rings. The standard InChI is InChI=1S/C41H38FN9O4S/c42-32-17-26(16-30-31(32)22-51(39(30)54)37(38(53)46-40-43-12-15-56-40)36-34-6-3-13-47(34)23-44-36)24-7-9-27(10-8-24)50-21-28-18-29(50)20-48(28)19-25-4-1-2-5-33(25)49-14-11-35(52)45-41(49)55/h1-2,4-5,7-10,12,15-17,23,28-29,37H,3,6,11,13-14,18-22H2,(H,43,46,53)(H,45,52,55)/t28-,29-,37?/m1/s1. The fraction of sp³-hybridized carbons (Fsp3) is 0.317. The predicted octanol–water partition coefficient (Wildman–Crippen LogP) is 5.34. The molecular formula is C41H38FN9O4S. The summed E-state index contributed by atoms with van der Waals surface area (Å²) < 4.78 is 18.0. The van der Waals surface area contributed by atoms with Gasteiger partial charge in [-0.2, -0.15) is 0 Å². The van der Waals surface area contributed by atoms with E-state index in [1.807, 2.05) is 34.9 Å². The smallest absolute Gasteiger partial charge is 0.328 e. The number of nitrogens with one attached hydrogen (secondary N) is 2. The molecule has 0 spiro atoms. The largest absolute Gasteiger partial charge is 0.366 e. The summed E-state index contributed by atoms with van der Waals surface area (Å²) in [7, 11) is 0. The first-order valence-corrected chi connectivity index (χ1v) is 19.8. The van der Waals surface area contributed by atoms with Crippen LogP contribution in [0.1, 0.15) is 58.2 Å². The molecule has 56 heavy (non-hydrogen) atoms. The Bertz CT molecular complexity index is 2400. The lowest BCUT2D eigenvalue weighted by atomic mass is 9.99. The fourth-order valence-corrected chi connectivity index (χ4v) is 9.72. The molecule has 2 N–H and O–H groups in total. The monoisotopic (exact) mass is 771 g/mol. The van der Waals surface area contributed by atoms with Crippen LogP contribution in [-0.2, 0) is 35.6 Å². The van der Waals surface area contributed by atoms with E-state index in [4.69, 9.17) is 0 Å². The van der Waals surface area contributed by atoms with Crippen molar-refractivity contribution in [1.82, 2.24) is 29.7 Å². The van der Waals surface area contributed by atoms with Crippen molar-refractivity contribution < 1.29 is 23.6 Å². The second kappa shape index (κ2) is 13.7. The molecule has 15 heteroatoms. The molecule has 2 bridgehead atoms. The summed E-state index contributed by atoms with van der Waals surface area (Å²) in [5.74, 6) is -1.58. The van der Waals surface area contributed by atoms with E-state index < -0.39 is 23.7 Å². The molecule has 5 aromatic rings. The minimum Gasteiger partial charge on any atom is -0.366 e. The third kappa shape index (κ3) is 5.93. The van der Waals surface area contributed by atoms with Crippen LogP contribution in [0, 0.1) is 5.82 Å². The number of para-hydroxylation sites is 1. The van der Waals surface area contributed by atoms with Gasteiger partial charge in [0.15, 0.2) is 11.2 Å². The lowest BCUT2D eigenvalue weighted by molar-refractivity contribution is -0.121. The molecule has 1 unspecified atom stereocenters. The maximum absolute atomic E-state index is 15.9. The number of fused-ring (bicyclic) bond motifs is 4. The number of aryl methyl sites for hydroxylation is 1. The molecule has 5 amide bonds. The van der Waals surface area contributed by atoms with Crippen LogP contribution in [0.15, 0.2) is 78.6 Å².